The Kier molecular flexibility index (Phi) is 6.05. The molecule has 0 aliphatic carbocycles. The Hall–Kier alpha value is -2.47. The molecule has 0 fully saturated rings. The molecule has 0 aliphatic heterocycles. The third-order valence-corrected chi connectivity index (χ3v) is 3.50. The number of hydrogen-bond donors (Lipinski definition) is 3. The van der Waals surface area contributed by atoms with Crippen molar-refractivity contribution >= 4 is 29.0 Å². The van der Waals surface area contributed by atoms with Gasteiger partial charge in [-0.25, -0.2) is 4.98 Å². The standard InChI is InChI=1S/C16H19ClN4O2/c1-23-14-10-13(18)12(17)9-11(14)16(22)21-8-4-7-20-15-5-2-3-6-19-15/h2-3,5-6,9-10H,4,7-8,18H2,1H3,(H,19,20)(H,21,22). The zero-order valence-corrected chi connectivity index (χ0v) is 13.6. The van der Waals surface area contributed by atoms with Crippen LogP contribution in [0.1, 0.15) is 16.8 Å². The predicted octanol–water partition coefficient (Wildman–Crippen LogP) is 2.56. The summed E-state index contributed by atoms with van der Waals surface area (Å²) < 4.78 is 5.17. The smallest absolute Gasteiger partial charge is 0.255 e. The molecule has 1 aromatic heterocycles. The van der Waals surface area contributed by atoms with Crippen molar-refractivity contribution in [2.45, 2.75) is 6.42 Å². The van der Waals surface area contributed by atoms with E-state index in [1.807, 2.05) is 18.2 Å². The van der Waals surface area contributed by atoms with E-state index in [-0.39, 0.29) is 5.91 Å². The number of pyridine rings is 1. The molecule has 6 nitrogen and oxygen atoms in total. The summed E-state index contributed by atoms with van der Waals surface area (Å²) in [5.41, 5.74) is 6.44. The fraction of sp³-hybridized carbons (Fsp3) is 0.250. The number of nitrogens with two attached hydrogens (primary N) is 1. The fourth-order valence-corrected chi connectivity index (χ4v) is 2.15. The molecule has 7 heteroatoms. The van der Waals surface area contributed by atoms with E-state index in [4.69, 9.17) is 22.1 Å². The van der Waals surface area contributed by atoms with Crippen LogP contribution in [0.4, 0.5) is 11.5 Å². The lowest BCUT2D eigenvalue weighted by atomic mass is 10.1. The first-order valence-electron chi connectivity index (χ1n) is 7.18. The van der Waals surface area contributed by atoms with Crippen LogP contribution in [0.5, 0.6) is 5.75 Å². The molecule has 1 heterocycles. The summed E-state index contributed by atoms with van der Waals surface area (Å²) in [6, 6.07) is 8.71. The maximum absolute atomic E-state index is 12.2. The van der Waals surface area contributed by atoms with E-state index in [2.05, 4.69) is 15.6 Å². The van der Waals surface area contributed by atoms with Gasteiger partial charge in [-0.3, -0.25) is 4.79 Å². The van der Waals surface area contributed by atoms with Gasteiger partial charge in [0.25, 0.3) is 5.91 Å². The summed E-state index contributed by atoms with van der Waals surface area (Å²) in [4.78, 5) is 16.4. The van der Waals surface area contributed by atoms with Crippen LogP contribution in [-0.2, 0) is 0 Å². The molecule has 1 amide bonds. The number of rotatable bonds is 7. The third kappa shape index (κ3) is 4.75. The summed E-state index contributed by atoms with van der Waals surface area (Å²) in [6.45, 7) is 1.22. The van der Waals surface area contributed by atoms with Crippen molar-refractivity contribution in [1.29, 1.82) is 0 Å². The van der Waals surface area contributed by atoms with E-state index in [0.29, 0.717) is 35.1 Å². The summed E-state index contributed by atoms with van der Waals surface area (Å²) in [5, 5.41) is 6.33. The Morgan fingerprint density at radius 2 is 2.17 bits per heavy atom. The number of nitrogens with one attached hydrogen (secondary N) is 2. The lowest BCUT2D eigenvalue weighted by Crippen LogP contribution is -2.26. The van der Waals surface area contributed by atoms with Gasteiger partial charge in [-0.1, -0.05) is 17.7 Å². The van der Waals surface area contributed by atoms with Gasteiger partial charge >= 0.3 is 0 Å². The predicted molar refractivity (Wildman–Crippen MR) is 92.1 cm³/mol. The van der Waals surface area contributed by atoms with Gasteiger partial charge in [-0.15, -0.1) is 0 Å². The minimum absolute atomic E-state index is 0.249. The first-order valence-corrected chi connectivity index (χ1v) is 7.55. The second-order valence-electron chi connectivity index (χ2n) is 4.83. The highest BCUT2D eigenvalue weighted by Crippen LogP contribution is 2.28. The number of nitrogen functional groups attached to an aromatic ring is 1. The molecule has 0 radical (unpaired) electrons. The molecule has 2 aromatic rings. The van der Waals surface area contributed by atoms with Crippen molar-refractivity contribution < 1.29 is 9.53 Å². The average molecular weight is 335 g/mol. The normalized spacial score (nSPS) is 10.2. The molecular formula is C16H19ClN4O2. The molecule has 0 saturated carbocycles. The first-order chi connectivity index (χ1) is 11.1. The van der Waals surface area contributed by atoms with Gasteiger partial charge in [0.1, 0.15) is 11.6 Å². The van der Waals surface area contributed by atoms with E-state index in [1.165, 1.54) is 13.2 Å². The number of ether oxygens (including phenoxy) is 1. The highest BCUT2D eigenvalue weighted by Gasteiger charge is 2.14. The molecule has 122 valence electrons. The average Bonchev–Trinajstić information content (AvgIpc) is 2.57. The molecule has 0 saturated heterocycles. The Morgan fingerprint density at radius 3 is 2.87 bits per heavy atom. The van der Waals surface area contributed by atoms with Crippen LogP contribution in [0.25, 0.3) is 0 Å². The Labute approximate surface area is 140 Å². The number of hydrogen-bond acceptors (Lipinski definition) is 5. The molecule has 1 aromatic carbocycles. The quantitative estimate of drug-likeness (QED) is 0.535. The van der Waals surface area contributed by atoms with Crippen LogP contribution in [0, 0.1) is 0 Å². The van der Waals surface area contributed by atoms with Crippen molar-refractivity contribution in [1.82, 2.24) is 10.3 Å². The number of halogens is 1. The minimum Gasteiger partial charge on any atom is -0.496 e. The zero-order chi connectivity index (χ0) is 16.7. The number of carbonyl (C=O) groups excluding carboxylic acids is 1. The second kappa shape index (κ2) is 8.24. The van der Waals surface area contributed by atoms with E-state index in [1.54, 1.807) is 12.3 Å². The summed E-state index contributed by atoms with van der Waals surface area (Å²) in [5.74, 6) is 0.961. The SMILES string of the molecule is COc1cc(N)c(Cl)cc1C(=O)NCCCNc1ccccn1. The van der Waals surface area contributed by atoms with Gasteiger partial charge in [0.2, 0.25) is 0 Å². The van der Waals surface area contributed by atoms with Gasteiger partial charge in [0.05, 0.1) is 23.4 Å². The van der Waals surface area contributed by atoms with E-state index < -0.39 is 0 Å². The number of anilines is 2. The molecule has 23 heavy (non-hydrogen) atoms. The van der Waals surface area contributed by atoms with Crippen molar-refractivity contribution in [2.24, 2.45) is 0 Å². The molecule has 2 rings (SSSR count). The second-order valence-corrected chi connectivity index (χ2v) is 5.23. The Balaban J connectivity index is 1.82. The van der Waals surface area contributed by atoms with E-state index >= 15 is 0 Å². The number of aromatic nitrogens is 1. The van der Waals surface area contributed by atoms with Crippen molar-refractivity contribution in [3.8, 4) is 5.75 Å². The number of benzene rings is 1. The molecule has 0 bridgehead atoms. The minimum atomic E-state index is -0.249. The summed E-state index contributed by atoms with van der Waals surface area (Å²) in [6.07, 6.45) is 2.48. The van der Waals surface area contributed by atoms with Crippen molar-refractivity contribution in [2.75, 3.05) is 31.2 Å². The molecule has 0 aliphatic rings. The third-order valence-electron chi connectivity index (χ3n) is 3.17. The summed E-state index contributed by atoms with van der Waals surface area (Å²) >= 11 is 5.96. The van der Waals surface area contributed by atoms with Crippen LogP contribution in [0.2, 0.25) is 5.02 Å². The maximum Gasteiger partial charge on any atom is 0.255 e. The van der Waals surface area contributed by atoms with Crippen molar-refractivity contribution in [3.63, 3.8) is 0 Å². The van der Waals surface area contributed by atoms with Crippen LogP contribution < -0.4 is 21.1 Å². The first kappa shape index (κ1) is 16.9. The Morgan fingerprint density at radius 1 is 1.35 bits per heavy atom. The maximum atomic E-state index is 12.2. The largest absolute Gasteiger partial charge is 0.496 e. The monoisotopic (exact) mass is 334 g/mol. The topological polar surface area (TPSA) is 89.3 Å². The molecule has 0 unspecified atom stereocenters. The highest BCUT2D eigenvalue weighted by molar-refractivity contribution is 6.33. The van der Waals surface area contributed by atoms with Gasteiger partial charge < -0.3 is 21.1 Å². The molecule has 0 spiro atoms. The number of methoxy groups -OCH3 is 1. The highest BCUT2D eigenvalue weighted by atomic mass is 35.5. The van der Waals surface area contributed by atoms with Crippen molar-refractivity contribution in [3.05, 3.63) is 47.1 Å². The zero-order valence-electron chi connectivity index (χ0n) is 12.8. The summed E-state index contributed by atoms with van der Waals surface area (Å²) in [7, 11) is 1.48. The van der Waals surface area contributed by atoms with Crippen LogP contribution in [0.3, 0.4) is 0 Å². The Bertz CT molecular complexity index is 665. The van der Waals surface area contributed by atoms with Crippen LogP contribution in [-0.4, -0.2) is 31.1 Å². The van der Waals surface area contributed by atoms with E-state index in [9.17, 15) is 4.79 Å². The number of nitrogens with zero attached hydrogens (tertiary/aromatic N) is 1. The lowest BCUT2D eigenvalue weighted by molar-refractivity contribution is 0.0950. The molecular weight excluding hydrogens is 316 g/mol. The lowest BCUT2D eigenvalue weighted by Gasteiger charge is -2.11. The fourth-order valence-electron chi connectivity index (χ4n) is 1.98. The van der Waals surface area contributed by atoms with Gasteiger partial charge in [0.15, 0.2) is 0 Å². The number of carbonyl (C=O) groups is 1. The van der Waals surface area contributed by atoms with Gasteiger partial charge in [-0.2, -0.15) is 0 Å². The van der Waals surface area contributed by atoms with Crippen LogP contribution >= 0.6 is 11.6 Å². The van der Waals surface area contributed by atoms with Gasteiger partial charge in [-0.05, 0) is 24.6 Å². The molecule has 0 atom stereocenters. The van der Waals surface area contributed by atoms with Gasteiger partial charge in [0, 0.05) is 25.4 Å². The molecule has 4 N–H and O–H groups in total. The number of amides is 1. The van der Waals surface area contributed by atoms with Crippen LogP contribution in [0.15, 0.2) is 36.5 Å². The van der Waals surface area contributed by atoms with E-state index in [0.717, 1.165) is 12.2 Å².